The largest absolute Gasteiger partial charge is 0.396 e. The van der Waals surface area contributed by atoms with Gasteiger partial charge in [0.25, 0.3) is 0 Å². The van der Waals surface area contributed by atoms with Crippen LogP contribution in [0.3, 0.4) is 0 Å². The normalized spacial score (nSPS) is 21.4. The highest BCUT2D eigenvalue weighted by Crippen LogP contribution is 2.35. The first-order valence-electron chi connectivity index (χ1n) is 7.19. The lowest BCUT2D eigenvalue weighted by atomic mass is 9.74. The van der Waals surface area contributed by atoms with Crippen molar-refractivity contribution in [2.45, 2.75) is 51.9 Å². The van der Waals surface area contributed by atoms with E-state index in [1.165, 1.54) is 19.3 Å². The molecule has 17 heavy (non-hydrogen) atoms. The highest BCUT2D eigenvalue weighted by Gasteiger charge is 2.30. The van der Waals surface area contributed by atoms with Gasteiger partial charge in [0, 0.05) is 25.2 Å². The number of hydrogen-bond acceptors (Lipinski definition) is 3. The van der Waals surface area contributed by atoms with E-state index in [2.05, 4.69) is 12.2 Å². The predicted molar refractivity (Wildman–Crippen MR) is 71.0 cm³/mol. The second-order valence-corrected chi connectivity index (χ2v) is 5.64. The summed E-state index contributed by atoms with van der Waals surface area (Å²) in [5.41, 5.74) is 0.135. The van der Waals surface area contributed by atoms with E-state index in [1.807, 2.05) is 0 Å². The van der Waals surface area contributed by atoms with Gasteiger partial charge in [0.05, 0.1) is 0 Å². The van der Waals surface area contributed by atoms with Crippen LogP contribution in [0.4, 0.5) is 0 Å². The van der Waals surface area contributed by atoms with Crippen LogP contribution in [0.5, 0.6) is 0 Å². The molecule has 0 heterocycles. The molecule has 1 aliphatic rings. The lowest BCUT2D eigenvalue weighted by molar-refractivity contribution is 0.0798. The zero-order valence-electron chi connectivity index (χ0n) is 11.2. The van der Waals surface area contributed by atoms with Gasteiger partial charge in [-0.25, -0.2) is 0 Å². The van der Waals surface area contributed by atoms with Crippen molar-refractivity contribution in [1.29, 1.82) is 0 Å². The minimum Gasteiger partial charge on any atom is -0.396 e. The maximum absolute atomic E-state index is 9.59. The van der Waals surface area contributed by atoms with Crippen molar-refractivity contribution in [1.82, 2.24) is 5.32 Å². The molecule has 0 aliphatic heterocycles. The summed E-state index contributed by atoms with van der Waals surface area (Å²) < 4.78 is 0. The van der Waals surface area contributed by atoms with Crippen molar-refractivity contribution in [3.8, 4) is 0 Å². The molecule has 3 nitrogen and oxygen atoms in total. The van der Waals surface area contributed by atoms with E-state index in [0.717, 1.165) is 38.8 Å². The molecule has 1 aliphatic carbocycles. The smallest absolute Gasteiger partial charge is 0.0499 e. The fraction of sp³-hybridized carbons (Fsp3) is 1.00. The Hall–Kier alpha value is -0.120. The maximum atomic E-state index is 9.59. The van der Waals surface area contributed by atoms with Gasteiger partial charge in [-0.1, -0.05) is 32.6 Å². The van der Waals surface area contributed by atoms with E-state index in [4.69, 9.17) is 5.11 Å². The molecule has 3 N–H and O–H groups in total. The molecule has 0 aromatic carbocycles. The molecule has 0 aromatic rings. The molecule has 1 rings (SSSR count). The van der Waals surface area contributed by atoms with Gasteiger partial charge in [0.15, 0.2) is 0 Å². The lowest BCUT2D eigenvalue weighted by Crippen LogP contribution is -2.40. The van der Waals surface area contributed by atoms with Crippen LogP contribution in [0.1, 0.15) is 51.9 Å². The Kier molecular flexibility index (Phi) is 7.09. The molecule has 1 saturated carbocycles. The highest BCUT2D eigenvalue weighted by molar-refractivity contribution is 4.84. The molecule has 0 saturated heterocycles. The summed E-state index contributed by atoms with van der Waals surface area (Å²) in [4.78, 5) is 0. The lowest BCUT2D eigenvalue weighted by Gasteiger charge is -2.36. The van der Waals surface area contributed by atoms with Gasteiger partial charge < -0.3 is 15.5 Å². The Morgan fingerprint density at radius 3 is 2.41 bits per heavy atom. The number of aliphatic hydroxyl groups excluding tert-OH is 2. The van der Waals surface area contributed by atoms with Crippen molar-refractivity contribution in [3.05, 3.63) is 0 Å². The summed E-state index contributed by atoms with van der Waals surface area (Å²) in [6, 6.07) is 0. The van der Waals surface area contributed by atoms with Crippen molar-refractivity contribution in [3.63, 3.8) is 0 Å². The van der Waals surface area contributed by atoms with Crippen LogP contribution in [-0.2, 0) is 0 Å². The second kappa shape index (κ2) is 8.06. The maximum Gasteiger partial charge on any atom is 0.0499 e. The first kappa shape index (κ1) is 14.9. The molecule has 0 spiro atoms. The Morgan fingerprint density at radius 1 is 1.18 bits per heavy atom. The van der Waals surface area contributed by atoms with Crippen LogP contribution in [0, 0.1) is 11.3 Å². The number of hydrogen-bond donors (Lipinski definition) is 3. The van der Waals surface area contributed by atoms with Crippen molar-refractivity contribution < 1.29 is 10.2 Å². The topological polar surface area (TPSA) is 52.5 Å². The van der Waals surface area contributed by atoms with Crippen LogP contribution >= 0.6 is 0 Å². The van der Waals surface area contributed by atoms with Gasteiger partial charge in [-0.05, 0) is 31.7 Å². The van der Waals surface area contributed by atoms with Crippen LogP contribution in [-0.4, -0.2) is 36.5 Å². The third-order valence-corrected chi connectivity index (χ3v) is 4.30. The minimum absolute atomic E-state index is 0.135. The molecule has 0 aromatic heterocycles. The zero-order chi connectivity index (χ0) is 12.6. The van der Waals surface area contributed by atoms with Gasteiger partial charge >= 0.3 is 0 Å². The summed E-state index contributed by atoms with van der Waals surface area (Å²) in [7, 11) is 0. The first-order valence-corrected chi connectivity index (χ1v) is 7.19. The molecule has 0 radical (unpaired) electrons. The molecular formula is C14H29NO2. The van der Waals surface area contributed by atoms with Gasteiger partial charge in [0.1, 0.15) is 0 Å². The SMILES string of the molecule is CCC(CCO)CNCC1(CO)CCCCC1. The summed E-state index contributed by atoms with van der Waals surface area (Å²) in [5, 5.41) is 22.0. The van der Waals surface area contributed by atoms with Gasteiger partial charge in [-0.2, -0.15) is 0 Å². The molecule has 0 bridgehead atoms. The van der Waals surface area contributed by atoms with Crippen LogP contribution in [0.15, 0.2) is 0 Å². The molecule has 0 amide bonds. The van der Waals surface area contributed by atoms with E-state index < -0.39 is 0 Å². The molecule has 3 heteroatoms. The van der Waals surface area contributed by atoms with Crippen LogP contribution in [0.2, 0.25) is 0 Å². The summed E-state index contributed by atoms with van der Waals surface area (Å²) in [6.07, 6.45) is 8.16. The average molecular weight is 243 g/mol. The standard InChI is InChI=1S/C14H29NO2/c1-2-13(6-9-16)10-15-11-14(12-17)7-4-3-5-8-14/h13,15-17H,2-12H2,1H3. The summed E-state index contributed by atoms with van der Waals surface area (Å²) in [6.45, 7) is 4.68. The second-order valence-electron chi connectivity index (χ2n) is 5.64. The molecule has 1 fully saturated rings. The van der Waals surface area contributed by atoms with Crippen molar-refractivity contribution >= 4 is 0 Å². The van der Waals surface area contributed by atoms with E-state index in [-0.39, 0.29) is 12.0 Å². The Balaban J connectivity index is 2.27. The van der Waals surface area contributed by atoms with E-state index in [9.17, 15) is 5.11 Å². The third-order valence-electron chi connectivity index (χ3n) is 4.30. The third kappa shape index (κ3) is 4.94. The predicted octanol–water partition coefficient (Wildman–Crippen LogP) is 1.93. The van der Waals surface area contributed by atoms with Gasteiger partial charge in [-0.3, -0.25) is 0 Å². The van der Waals surface area contributed by atoms with Crippen molar-refractivity contribution in [2.75, 3.05) is 26.3 Å². The fourth-order valence-electron chi connectivity index (χ4n) is 2.87. The summed E-state index contributed by atoms with van der Waals surface area (Å²) in [5.74, 6) is 0.569. The van der Waals surface area contributed by atoms with Gasteiger partial charge in [-0.15, -0.1) is 0 Å². The minimum atomic E-state index is 0.135. The number of nitrogens with one attached hydrogen (secondary N) is 1. The van der Waals surface area contributed by atoms with E-state index in [1.54, 1.807) is 0 Å². The van der Waals surface area contributed by atoms with Gasteiger partial charge in [0.2, 0.25) is 0 Å². The number of rotatable bonds is 8. The van der Waals surface area contributed by atoms with Crippen molar-refractivity contribution in [2.24, 2.45) is 11.3 Å². The van der Waals surface area contributed by atoms with Crippen LogP contribution < -0.4 is 5.32 Å². The Bertz CT molecular complexity index is 191. The van der Waals surface area contributed by atoms with E-state index in [0.29, 0.717) is 12.5 Å². The molecule has 1 unspecified atom stereocenters. The summed E-state index contributed by atoms with van der Waals surface area (Å²) >= 11 is 0. The zero-order valence-corrected chi connectivity index (χ0v) is 11.2. The van der Waals surface area contributed by atoms with E-state index >= 15 is 0 Å². The van der Waals surface area contributed by atoms with Crippen LogP contribution in [0.25, 0.3) is 0 Å². The Labute approximate surface area is 106 Å². The quantitative estimate of drug-likeness (QED) is 0.610. The molecule has 1 atom stereocenters. The molecule has 102 valence electrons. The molecular weight excluding hydrogens is 214 g/mol. The first-order chi connectivity index (χ1) is 8.26. The average Bonchev–Trinajstić information content (AvgIpc) is 2.39. The Morgan fingerprint density at radius 2 is 1.88 bits per heavy atom. The highest BCUT2D eigenvalue weighted by atomic mass is 16.3. The monoisotopic (exact) mass is 243 g/mol. The fourth-order valence-corrected chi connectivity index (χ4v) is 2.87. The number of aliphatic hydroxyl groups is 2.